The molecule has 0 aromatic heterocycles. The average Bonchev–Trinajstić information content (AvgIpc) is 2.37. The molecule has 8 heteroatoms. The largest absolute Gasteiger partial charge is 0.481 e. The summed E-state index contributed by atoms with van der Waals surface area (Å²) in [6.45, 7) is 9.65. The minimum Gasteiger partial charge on any atom is -0.481 e. The van der Waals surface area contributed by atoms with Gasteiger partial charge in [-0.05, 0) is 13.8 Å². The lowest BCUT2D eigenvalue weighted by molar-refractivity contribution is -0.157. The van der Waals surface area contributed by atoms with Crippen LogP contribution in [-0.2, 0) is 28.7 Å². The fourth-order valence-electron chi connectivity index (χ4n) is 1.35. The Morgan fingerprint density at radius 3 is 1.67 bits per heavy atom. The summed E-state index contributed by atoms with van der Waals surface area (Å²) in [6, 6.07) is 0. The molecule has 0 saturated heterocycles. The zero-order valence-corrected chi connectivity index (χ0v) is 13.9. The summed E-state index contributed by atoms with van der Waals surface area (Å²) in [4.78, 5) is 42.3. The number of hydrogen-bond donors (Lipinski definition) is 2. The Labute approximate surface area is 140 Å². The van der Waals surface area contributed by atoms with Gasteiger partial charge < -0.3 is 19.7 Å². The number of carboxylic acid groups (broad SMARTS) is 2. The number of ether oxygens (including phenoxy) is 2. The summed E-state index contributed by atoms with van der Waals surface area (Å²) >= 11 is 0. The van der Waals surface area contributed by atoms with Crippen molar-refractivity contribution in [2.24, 2.45) is 0 Å². The Kier molecular flexibility index (Phi) is 13.8. The number of carbonyl (C=O) groups excluding carboxylic acids is 2. The number of hydrogen-bond acceptors (Lipinski definition) is 6. The molecule has 0 aliphatic heterocycles. The van der Waals surface area contributed by atoms with Crippen LogP contribution in [0.15, 0.2) is 25.3 Å². The van der Waals surface area contributed by atoms with Crippen LogP contribution in [-0.4, -0.2) is 46.3 Å². The van der Waals surface area contributed by atoms with Crippen molar-refractivity contribution in [3.8, 4) is 0 Å². The Hall–Kier alpha value is -2.64. The average molecular weight is 344 g/mol. The second-order valence-electron chi connectivity index (χ2n) is 4.78. The van der Waals surface area contributed by atoms with Gasteiger partial charge in [0.2, 0.25) is 0 Å². The standard InChI is InChI=1S/C12H18O6.C4H6O2/c1-4-5-11(15)17-9(3)7-12(16)18-8(2)6-10(13)14;1-2-3-4(5)6/h4,8-9H,1,5-7H2,2-3H3,(H,13,14);2H,1,3H2,(H,5,6). The third-order valence-corrected chi connectivity index (χ3v) is 2.21. The van der Waals surface area contributed by atoms with Crippen LogP contribution in [0.2, 0.25) is 0 Å². The van der Waals surface area contributed by atoms with E-state index >= 15 is 0 Å². The van der Waals surface area contributed by atoms with Crippen LogP contribution < -0.4 is 0 Å². The van der Waals surface area contributed by atoms with Gasteiger partial charge in [0.15, 0.2) is 0 Å². The highest BCUT2D eigenvalue weighted by Gasteiger charge is 2.17. The van der Waals surface area contributed by atoms with Crippen molar-refractivity contribution in [2.75, 3.05) is 0 Å². The van der Waals surface area contributed by atoms with Crippen molar-refractivity contribution in [1.29, 1.82) is 0 Å². The first-order chi connectivity index (χ1) is 11.1. The Balaban J connectivity index is 0. The smallest absolute Gasteiger partial charge is 0.309 e. The minimum atomic E-state index is -1.04. The fourth-order valence-corrected chi connectivity index (χ4v) is 1.35. The molecule has 24 heavy (non-hydrogen) atoms. The molecule has 2 unspecified atom stereocenters. The van der Waals surface area contributed by atoms with Gasteiger partial charge in [-0.2, -0.15) is 0 Å². The van der Waals surface area contributed by atoms with Crippen LogP contribution in [0.25, 0.3) is 0 Å². The predicted molar refractivity (Wildman–Crippen MR) is 85.2 cm³/mol. The molecule has 0 bridgehead atoms. The number of esters is 2. The number of rotatable bonds is 10. The molecule has 2 N–H and O–H groups in total. The lowest BCUT2D eigenvalue weighted by Gasteiger charge is -2.14. The molecule has 0 saturated carbocycles. The van der Waals surface area contributed by atoms with Gasteiger partial charge in [0.1, 0.15) is 12.2 Å². The first-order valence-corrected chi connectivity index (χ1v) is 7.16. The third-order valence-electron chi connectivity index (χ3n) is 2.21. The molecule has 0 fully saturated rings. The molecule has 0 heterocycles. The highest BCUT2D eigenvalue weighted by molar-refractivity contribution is 5.74. The van der Waals surface area contributed by atoms with Crippen LogP contribution in [0.4, 0.5) is 0 Å². The monoisotopic (exact) mass is 344 g/mol. The minimum absolute atomic E-state index is 0.0556. The summed E-state index contributed by atoms with van der Waals surface area (Å²) in [5.41, 5.74) is 0. The van der Waals surface area contributed by atoms with E-state index in [-0.39, 0.29) is 25.7 Å². The maximum Gasteiger partial charge on any atom is 0.309 e. The van der Waals surface area contributed by atoms with Gasteiger partial charge in [-0.1, -0.05) is 12.2 Å². The van der Waals surface area contributed by atoms with Crippen molar-refractivity contribution in [2.45, 2.75) is 51.7 Å². The Morgan fingerprint density at radius 1 is 0.833 bits per heavy atom. The molecule has 0 aliphatic rings. The maximum atomic E-state index is 11.4. The van der Waals surface area contributed by atoms with E-state index in [9.17, 15) is 19.2 Å². The molecule has 0 aliphatic carbocycles. The van der Waals surface area contributed by atoms with Gasteiger partial charge in [-0.25, -0.2) is 0 Å². The van der Waals surface area contributed by atoms with Gasteiger partial charge in [-0.3, -0.25) is 19.2 Å². The molecule has 8 nitrogen and oxygen atoms in total. The van der Waals surface area contributed by atoms with E-state index in [0.29, 0.717) is 0 Å². The van der Waals surface area contributed by atoms with Gasteiger partial charge in [0.25, 0.3) is 0 Å². The molecule has 2 atom stereocenters. The molecule has 0 aromatic carbocycles. The van der Waals surface area contributed by atoms with Crippen LogP contribution in [0, 0.1) is 0 Å². The molecule has 0 spiro atoms. The number of aliphatic carboxylic acids is 2. The Morgan fingerprint density at radius 2 is 1.29 bits per heavy atom. The zero-order chi connectivity index (χ0) is 19.1. The van der Waals surface area contributed by atoms with Gasteiger partial charge in [-0.15, -0.1) is 13.2 Å². The van der Waals surface area contributed by atoms with Crippen LogP contribution in [0.1, 0.15) is 39.5 Å². The first kappa shape index (κ1) is 23.6. The lowest BCUT2D eigenvalue weighted by Crippen LogP contribution is -2.23. The van der Waals surface area contributed by atoms with E-state index < -0.39 is 36.1 Å². The summed E-state index contributed by atoms with van der Waals surface area (Å²) in [7, 11) is 0. The van der Waals surface area contributed by atoms with E-state index in [4.69, 9.17) is 19.7 Å². The summed E-state index contributed by atoms with van der Waals surface area (Å²) in [5, 5.41) is 16.3. The third kappa shape index (κ3) is 17.4. The van der Waals surface area contributed by atoms with Crippen LogP contribution in [0.3, 0.4) is 0 Å². The second kappa shape index (κ2) is 14.0. The van der Waals surface area contributed by atoms with Crippen molar-refractivity contribution in [3.63, 3.8) is 0 Å². The number of carbonyl (C=O) groups is 4. The van der Waals surface area contributed by atoms with E-state index in [1.807, 2.05) is 0 Å². The van der Waals surface area contributed by atoms with Crippen LogP contribution in [0.5, 0.6) is 0 Å². The highest BCUT2D eigenvalue weighted by atomic mass is 16.6. The number of carboxylic acids is 2. The first-order valence-electron chi connectivity index (χ1n) is 7.16. The quantitative estimate of drug-likeness (QED) is 0.454. The summed E-state index contributed by atoms with van der Waals surface area (Å²) in [6.07, 6.45) is 1.22. The molecule has 136 valence electrons. The van der Waals surface area contributed by atoms with Gasteiger partial charge in [0.05, 0.1) is 25.7 Å². The van der Waals surface area contributed by atoms with Crippen molar-refractivity contribution >= 4 is 23.9 Å². The molecule has 0 radical (unpaired) electrons. The summed E-state index contributed by atoms with van der Waals surface area (Å²) in [5.74, 6) is -2.93. The van der Waals surface area contributed by atoms with E-state index in [1.54, 1.807) is 6.92 Å². The molecule has 0 rings (SSSR count). The lowest BCUT2D eigenvalue weighted by atomic mass is 10.2. The predicted octanol–water partition coefficient (Wildman–Crippen LogP) is 1.94. The van der Waals surface area contributed by atoms with Crippen molar-refractivity contribution < 1.29 is 38.9 Å². The maximum absolute atomic E-state index is 11.4. The zero-order valence-electron chi connectivity index (χ0n) is 13.9. The molecule has 0 aromatic rings. The van der Waals surface area contributed by atoms with E-state index in [2.05, 4.69) is 13.2 Å². The summed E-state index contributed by atoms with van der Waals surface area (Å²) < 4.78 is 9.74. The highest BCUT2D eigenvalue weighted by Crippen LogP contribution is 2.05. The SMILES string of the molecule is C=CCC(=O)O.C=CCC(=O)OC(C)CC(=O)OC(C)CC(=O)O. The van der Waals surface area contributed by atoms with Crippen molar-refractivity contribution in [3.05, 3.63) is 25.3 Å². The van der Waals surface area contributed by atoms with Gasteiger partial charge >= 0.3 is 23.9 Å². The molecular formula is C16H24O8. The Bertz CT molecular complexity index is 455. The second-order valence-corrected chi connectivity index (χ2v) is 4.78. The molecular weight excluding hydrogens is 320 g/mol. The normalized spacial score (nSPS) is 11.8. The topological polar surface area (TPSA) is 127 Å². The van der Waals surface area contributed by atoms with Gasteiger partial charge in [0, 0.05) is 0 Å². The van der Waals surface area contributed by atoms with Crippen molar-refractivity contribution in [1.82, 2.24) is 0 Å². The van der Waals surface area contributed by atoms with E-state index in [0.717, 1.165) is 0 Å². The molecule has 0 amide bonds. The van der Waals surface area contributed by atoms with E-state index in [1.165, 1.54) is 19.1 Å². The fraction of sp³-hybridized carbons (Fsp3) is 0.500. The van der Waals surface area contributed by atoms with Crippen LogP contribution >= 0.6 is 0 Å².